The Morgan fingerprint density at radius 1 is 1.29 bits per heavy atom. The van der Waals surface area contributed by atoms with Crippen LogP contribution in [0.4, 0.5) is 5.69 Å². The first kappa shape index (κ1) is 16.8. The fourth-order valence-corrected chi connectivity index (χ4v) is 2.00. The second-order valence-corrected chi connectivity index (χ2v) is 5.07. The Morgan fingerprint density at radius 2 is 1.90 bits per heavy atom. The second-order valence-electron chi connectivity index (χ2n) is 5.07. The summed E-state index contributed by atoms with van der Waals surface area (Å²) < 4.78 is 5.05. The number of nitro benzene ring substituents is 1. The molecule has 0 saturated heterocycles. The van der Waals surface area contributed by atoms with E-state index >= 15 is 0 Å². The molecule has 0 aliphatic heterocycles. The minimum absolute atomic E-state index is 0.00275. The highest BCUT2D eigenvalue weighted by atomic mass is 16.6. The van der Waals surface area contributed by atoms with E-state index in [1.807, 2.05) is 0 Å². The maximum absolute atomic E-state index is 11.9. The molecule has 0 bridgehead atoms. The molecule has 6 heteroatoms. The van der Waals surface area contributed by atoms with E-state index in [2.05, 4.69) is 0 Å². The first-order valence-electron chi connectivity index (χ1n) is 6.76. The molecule has 0 amide bonds. The van der Waals surface area contributed by atoms with Gasteiger partial charge in [0.25, 0.3) is 5.69 Å². The summed E-state index contributed by atoms with van der Waals surface area (Å²) in [6.07, 6.45) is 0.172. The van der Waals surface area contributed by atoms with Gasteiger partial charge in [0.15, 0.2) is 0 Å². The van der Waals surface area contributed by atoms with Crippen molar-refractivity contribution in [3.63, 3.8) is 0 Å². The van der Waals surface area contributed by atoms with Gasteiger partial charge in [-0.25, -0.2) is 0 Å². The van der Waals surface area contributed by atoms with Gasteiger partial charge in [-0.3, -0.25) is 19.7 Å². The highest BCUT2D eigenvalue weighted by molar-refractivity contribution is 5.97. The Labute approximate surface area is 123 Å². The largest absolute Gasteiger partial charge is 0.462 e. The smallest absolute Gasteiger partial charge is 0.316 e. The molecule has 0 spiro atoms. The summed E-state index contributed by atoms with van der Waals surface area (Å²) in [4.78, 5) is 33.9. The molecule has 6 nitrogen and oxygen atoms in total. The van der Waals surface area contributed by atoms with Crippen molar-refractivity contribution in [1.82, 2.24) is 0 Å². The topological polar surface area (TPSA) is 86.5 Å². The number of benzene rings is 1. The zero-order valence-corrected chi connectivity index (χ0v) is 12.4. The van der Waals surface area contributed by atoms with Crippen molar-refractivity contribution in [3.8, 4) is 0 Å². The number of nitro groups is 1. The van der Waals surface area contributed by atoms with Crippen LogP contribution in [0.1, 0.15) is 32.8 Å². The van der Waals surface area contributed by atoms with E-state index in [9.17, 15) is 19.7 Å². The predicted molar refractivity (Wildman–Crippen MR) is 76.8 cm³/mol. The molecular weight excluding hydrogens is 274 g/mol. The van der Waals surface area contributed by atoms with Gasteiger partial charge in [0.1, 0.15) is 11.7 Å². The summed E-state index contributed by atoms with van der Waals surface area (Å²) in [5, 5.41) is 10.9. The quantitative estimate of drug-likeness (QED) is 0.334. The maximum atomic E-state index is 11.9. The van der Waals surface area contributed by atoms with Crippen molar-refractivity contribution in [2.24, 2.45) is 5.92 Å². The van der Waals surface area contributed by atoms with Crippen LogP contribution in [-0.2, 0) is 20.7 Å². The molecule has 0 radical (unpaired) electrons. The van der Waals surface area contributed by atoms with Crippen LogP contribution < -0.4 is 0 Å². The molecule has 21 heavy (non-hydrogen) atoms. The Morgan fingerprint density at radius 3 is 2.43 bits per heavy atom. The van der Waals surface area contributed by atoms with Gasteiger partial charge in [-0.05, 0) is 33.6 Å². The molecule has 1 unspecified atom stereocenters. The van der Waals surface area contributed by atoms with Gasteiger partial charge in [-0.2, -0.15) is 0 Å². The van der Waals surface area contributed by atoms with Crippen molar-refractivity contribution in [3.05, 3.63) is 39.9 Å². The number of nitrogens with zero attached hydrogens (tertiary/aromatic N) is 1. The molecule has 0 aliphatic rings. The minimum atomic E-state index is -0.882. The minimum Gasteiger partial charge on any atom is -0.462 e. The monoisotopic (exact) mass is 293 g/mol. The third-order valence-corrected chi connectivity index (χ3v) is 3.02. The summed E-state index contributed by atoms with van der Waals surface area (Å²) in [5.41, 5.74) is 0.503. The number of carbonyl (C=O) groups excluding carboxylic acids is 2. The number of esters is 1. The lowest BCUT2D eigenvalue weighted by Crippen LogP contribution is -2.27. The fraction of sp³-hybridized carbons (Fsp3) is 0.467. The number of aryl methyl sites for hydroxylation is 1. The van der Waals surface area contributed by atoms with E-state index in [0.29, 0.717) is 5.56 Å². The SMILES string of the molecule is CC(=O)C(CCc1ccccc1[N+](=O)[O-])C(=O)OC(C)C. The van der Waals surface area contributed by atoms with Gasteiger partial charge in [-0.15, -0.1) is 0 Å². The van der Waals surface area contributed by atoms with Gasteiger partial charge < -0.3 is 4.74 Å². The Hall–Kier alpha value is -2.24. The van der Waals surface area contributed by atoms with Crippen molar-refractivity contribution in [2.75, 3.05) is 0 Å². The molecule has 0 N–H and O–H groups in total. The van der Waals surface area contributed by atoms with E-state index < -0.39 is 16.8 Å². The lowest BCUT2D eigenvalue weighted by Gasteiger charge is -2.15. The summed E-state index contributed by atoms with van der Waals surface area (Å²) >= 11 is 0. The van der Waals surface area contributed by atoms with Crippen LogP contribution in [0.3, 0.4) is 0 Å². The van der Waals surface area contributed by atoms with Crippen molar-refractivity contribution in [1.29, 1.82) is 0 Å². The number of carbonyl (C=O) groups is 2. The third kappa shape index (κ3) is 4.98. The Bertz CT molecular complexity index is 539. The molecule has 0 aromatic heterocycles. The van der Waals surface area contributed by atoms with Gasteiger partial charge in [0, 0.05) is 11.6 Å². The first-order valence-corrected chi connectivity index (χ1v) is 6.76. The number of rotatable bonds is 7. The van der Waals surface area contributed by atoms with Crippen LogP contribution in [0.2, 0.25) is 0 Å². The molecule has 0 heterocycles. The van der Waals surface area contributed by atoms with Crippen LogP contribution in [0, 0.1) is 16.0 Å². The maximum Gasteiger partial charge on any atom is 0.316 e. The predicted octanol–water partition coefficient (Wildman–Crippen LogP) is 2.68. The van der Waals surface area contributed by atoms with Crippen LogP contribution in [0.25, 0.3) is 0 Å². The van der Waals surface area contributed by atoms with Gasteiger partial charge >= 0.3 is 5.97 Å². The molecule has 114 valence electrons. The van der Waals surface area contributed by atoms with Crippen LogP contribution in [-0.4, -0.2) is 22.8 Å². The Balaban J connectivity index is 2.81. The summed E-state index contributed by atoms with van der Waals surface area (Å²) in [5.74, 6) is -1.75. The molecule has 1 aromatic carbocycles. The molecule has 1 aromatic rings. The average Bonchev–Trinajstić information content (AvgIpc) is 2.37. The normalized spacial score (nSPS) is 12.0. The number of hydrogen-bond donors (Lipinski definition) is 0. The van der Waals surface area contributed by atoms with Gasteiger partial charge in [0.2, 0.25) is 0 Å². The third-order valence-electron chi connectivity index (χ3n) is 3.02. The summed E-state index contributed by atoms with van der Waals surface area (Å²) in [6.45, 7) is 4.74. The molecule has 0 fully saturated rings. The van der Waals surface area contributed by atoms with Gasteiger partial charge in [-0.1, -0.05) is 18.2 Å². The summed E-state index contributed by atoms with van der Waals surface area (Å²) in [7, 11) is 0. The van der Waals surface area contributed by atoms with Crippen LogP contribution in [0.5, 0.6) is 0 Å². The average molecular weight is 293 g/mol. The molecule has 1 atom stereocenters. The zero-order valence-electron chi connectivity index (χ0n) is 12.4. The first-order chi connectivity index (χ1) is 9.82. The van der Waals surface area contributed by atoms with E-state index in [-0.39, 0.29) is 30.4 Å². The van der Waals surface area contributed by atoms with Crippen LogP contribution >= 0.6 is 0 Å². The molecule has 1 rings (SSSR count). The van der Waals surface area contributed by atoms with E-state index in [1.165, 1.54) is 13.0 Å². The van der Waals surface area contributed by atoms with Crippen LogP contribution in [0.15, 0.2) is 24.3 Å². The van der Waals surface area contributed by atoms with Gasteiger partial charge in [0.05, 0.1) is 11.0 Å². The fourth-order valence-electron chi connectivity index (χ4n) is 2.00. The van der Waals surface area contributed by atoms with E-state index in [4.69, 9.17) is 4.74 Å². The molecule has 0 aliphatic carbocycles. The number of hydrogen-bond acceptors (Lipinski definition) is 5. The number of para-hydroxylation sites is 1. The highest BCUT2D eigenvalue weighted by Gasteiger charge is 2.26. The zero-order chi connectivity index (χ0) is 16.0. The van der Waals surface area contributed by atoms with Crippen molar-refractivity contribution < 1.29 is 19.2 Å². The number of ketones is 1. The molecule has 0 saturated carbocycles. The van der Waals surface area contributed by atoms with Crippen molar-refractivity contribution >= 4 is 17.4 Å². The summed E-state index contributed by atoms with van der Waals surface area (Å²) in [6, 6.07) is 6.31. The lowest BCUT2D eigenvalue weighted by atomic mass is 9.95. The molecular formula is C15H19NO5. The van der Waals surface area contributed by atoms with E-state index in [0.717, 1.165) is 0 Å². The van der Waals surface area contributed by atoms with Crippen molar-refractivity contribution in [2.45, 2.75) is 39.7 Å². The Kier molecular flexibility index (Phi) is 6.02. The standard InChI is InChI=1S/C15H19NO5/c1-10(2)21-15(18)13(11(3)17)9-8-12-6-4-5-7-14(12)16(19)20/h4-7,10,13H,8-9H2,1-3H3. The van der Waals surface area contributed by atoms with E-state index in [1.54, 1.807) is 32.0 Å². The number of ether oxygens (including phenoxy) is 1. The number of Topliss-reactive ketones (excluding diaryl/α,β-unsaturated/α-hetero) is 1. The highest BCUT2D eigenvalue weighted by Crippen LogP contribution is 2.22. The lowest BCUT2D eigenvalue weighted by molar-refractivity contribution is -0.385. The second kappa shape index (κ2) is 7.52.